The van der Waals surface area contributed by atoms with Crippen LogP contribution in [0, 0.1) is 10.1 Å². The van der Waals surface area contributed by atoms with Crippen molar-refractivity contribution in [3.05, 3.63) is 74.8 Å². The van der Waals surface area contributed by atoms with Gasteiger partial charge in [0.1, 0.15) is 12.1 Å². The van der Waals surface area contributed by atoms with Crippen molar-refractivity contribution in [1.82, 2.24) is 15.1 Å². The normalized spacial score (nSPS) is 18.3. The van der Waals surface area contributed by atoms with Crippen molar-refractivity contribution in [1.29, 1.82) is 0 Å². The molecule has 2 aliphatic rings. The smallest absolute Gasteiger partial charge is 0.282 e. The molecule has 9 nitrogen and oxygen atoms in total. The quantitative estimate of drug-likeness (QED) is 0.394. The fourth-order valence-electron chi connectivity index (χ4n) is 4.50. The lowest BCUT2D eigenvalue weighted by molar-refractivity contribution is -0.385. The van der Waals surface area contributed by atoms with Gasteiger partial charge < -0.3 is 5.32 Å². The van der Waals surface area contributed by atoms with Crippen molar-refractivity contribution in [3.63, 3.8) is 0 Å². The van der Waals surface area contributed by atoms with Crippen LogP contribution >= 0.6 is 0 Å². The minimum atomic E-state index is -0.822. The van der Waals surface area contributed by atoms with Gasteiger partial charge in [0.2, 0.25) is 5.91 Å². The second kappa shape index (κ2) is 9.50. The highest BCUT2D eigenvalue weighted by Gasteiger charge is 2.41. The molecule has 2 aromatic rings. The molecule has 0 bridgehead atoms. The molecule has 1 saturated heterocycles. The number of likely N-dealkylation sites (tertiary alicyclic amines) is 1. The van der Waals surface area contributed by atoms with Gasteiger partial charge in [0.25, 0.3) is 17.5 Å². The zero-order chi connectivity index (χ0) is 23.5. The third kappa shape index (κ3) is 4.63. The van der Waals surface area contributed by atoms with Crippen LogP contribution in [0.3, 0.4) is 0 Å². The van der Waals surface area contributed by atoms with Crippen LogP contribution in [-0.2, 0) is 17.9 Å². The maximum absolute atomic E-state index is 12.7. The van der Waals surface area contributed by atoms with Crippen molar-refractivity contribution in [2.75, 3.05) is 13.1 Å². The predicted molar refractivity (Wildman–Crippen MR) is 120 cm³/mol. The van der Waals surface area contributed by atoms with Gasteiger partial charge in [-0.1, -0.05) is 36.8 Å². The van der Waals surface area contributed by atoms with Crippen LogP contribution in [-0.4, -0.2) is 51.6 Å². The van der Waals surface area contributed by atoms with Gasteiger partial charge in [-0.25, -0.2) is 0 Å². The van der Waals surface area contributed by atoms with E-state index in [4.69, 9.17) is 0 Å². The Morgan fingerprint density at radius 1 is 1.09 bits per heavy atom. The predicted octanol–water partition coefficient (Wildman–Crippen LogP) is 2.88. The number of carbonyl (C=O) groups is 3. The van der Waals surface area contributed by atoms with Crippen molar-refractivity contribution in [2.45, 2.75) is 45.3 Å². The summed E-state index contributed by atoms with van der Waals surface area (Å²) < 4.78 is 0. The highest BCUT2D eigenvalue weighted by atomic mass is 16.6. The van der Waals surface area contributed by atoms with E-state index in [1.165, 1.54) is 37.5 Å². The fourth-order valence-corrected chi connectivity index (χ4v) is 4.50. The minimum absolute atomic E-state index is 0.0528. The molecule has 2 aliphatic heterocycles. The number of rotatable bonds is 7. The second-order valence-electron chi connectivity index (χ2n) is 8.51. The summed E-state index contributed by atoms with van der Waals surface area (Å²) in [7, 11) is 0. The number of hydrogen-bond donors (Lipinski definition) is 1. The Morgan fingerprint density at radius 2 is 1.85 bits per heavy atom. The molecule has 4 rings (SSSR count). The molecule has 0 aliphatic carbocycles. The van der Waals surface area contributed by atoms with Crippen LogP contribution in [0.2, 0.25) is 0 Å². The largest absolute Gasteiger partial charge is 0.350 e. The van der Waals surface area contributed by atoms with Gasteiger partial charge >= 0.3 is 0 Å². The molecular weight excluding hydrogens is 424 g/mol. The summed E-state index contributed by atoms with van der Waals surface area (Å²) in [5.41, 5.74) is 1.35. The number of nitrogens with zero attached hydrogens (tertiary/aromatic N) is 3. The van der Waals surface area contributed by atoms with Crippen molar-refractivity contribution in [2.24, 2.45) is 0 Å². The average molecular weight is 450 g/mol. The number of nitro benzene ring substituents is 1. The van der Waals surface area contributed by atoms with E-state index in [1.807, 2.05) is 24.3 Å². The molecular formula is C24H26N4O5. The van der Waals surface area contributed by atoms with Crippen LogP contribution in [0.25, 0.3) is 0 Å². The summed E-state index contributed by atoms with van der Waals surface area (Å²) in [5.74, 6) is -2.03. The lowest BCUT2D eigenvalue weighted by Crippen LogP contribution is -2.40. The summed E-state index contributed by atoms with van der Waals surface area (Å²) in [5, 5.41) is 14.0. The standard InChI is InChI=1S/C24H26N4O5/c1-16-7-4-5-12-26(16)14-18-9-3-2-8-17(18)13-25-21(29)15-27-23(30)19-10-6-11-20(28(32)33)22(19)24(27)31/h2-3,6,8-11,16H,4-5,7,12-15H2,1H3,(H,25,29). The van der Waals surface area contributed by atoms with Crippen LogP contribution < -0.4 is 5.32 Å². The molecule has 2 heterocycles. The first-order valence-electron chi connectivity index (χ1n) is 11.1. The van der Waals surface area contributed by atoms with E-state index in [1.54, 1.807) is 0 Å². The Kier molecular flexibility index (Phi) is 6.50. The Morgan fingerprint density at radius 3 is 2.58 bits per heavy atom. The lowest BCUT2D eigenvalue weighted by atomic mass is 10.0. The number of benzene rings is 2. The van der Waals surface area contributed by atoms with E-state index in [0.717, 1.165) is 29.1 Å². The molecule has 1 atom stereocenters. The molecule has 33 heavy (non-hydrogen) atoms. The van der Waals surface area contributed by atoms with Gasteiger partial charge in [-0.15, -0.1) is 0 Å². The third-order valence-corrected chi connectivity index (χ3v) is 6.38. The van der Waals surface area contributed by atoms with E-state index in [9.17, 15) is 24.5 Å². The Labute approximate surface area is 191 Å². The van der Waals surface area contributed by atoms with Crippen LogP contribution in [0.5, 0.6) is 0 Å². The van der Waals surface area contributed by atoms with E-state index in [0.29, 0.717) is 6.04 Å². The van der Waals surface area contributed by atoms with Crippen LogP contribution in [0.15, 0.2) is 42.5 Å². The Bertz CT molecular complexity index is 1120. The maximum atomic E-state index is 12.7. The molecule has 2 aromatic carbocycles. The van der Waals surface area contributed by atoms with Gasteiger partial charge in [-0.3, -0.25) is 34.3 Å². The minimum Gasteiger partial charge on any atom is -0.350 e. The summed E-state index contributed by atoms with van der Waals surface area (Å²) in [4.78, 5) is 51.6. The number of fused-ring (bicyclic) bond motifs is 1. The van der Waals surface area contributed by atoms with E-state index < -0.39 is 34.9 Å². The zero-order valence-corrected chi connectivity index (χ0v) is 18.5. The molecule has 0 saturated carbocycles. The maximum Gasteiger partial charge on any atom is 0.282 e. The van der Waals surface area contributed by atoms with Gasteiger partial charge in [0.05, 0.1) is 10.5 Å². The summed E-state index contributed by atoms with van der Waals surface area (Å²) in [6.45, 7) is 3.86. The van der Waals surface area contributed by atoms with Gasteiger partial charge in [0, 0.05) is 25.2 Å². The summed E-state index contributed by atoms with van der Waals surface area (Å²) in [6.07, 6.45) is 3.61. The number of imide groups is 1. The Balaban J connectivity index is 1.41. The molecule has 3 amide bonds. The van der Waals surface area contributed by atoms with Gasteiger partial charge in [0.15, 0.2) is 0 Å². The second-order valence-corrected chi connectivity index (χ2v) is 8.51. The summed E-state index contributed by atoms with van der Waals surface area (Å²) >= 11 is 0. The van der Waals surface area contributed by atoms with Crippen LogP contribution in [0.1, 0.15) is 58.0 Å². The zero-order valence-electron chi connectivity index (χ0n) is 18.5. The molecule has 172 valence electrons. The van der Waals surface area contributed by atoms with E-state index in [-0.39, 0.29) is 17.7 Å². The number of piperidine rings is 1. The number of nitro groups is 1. The van der Waals surface area contributed by atoms with Crippen molar-refractivity contribution >= 4 is 23.4 Å². The summed E-state index contributed by atoms with van der Waals surface area (Å²) in [6, 6.07) is 12.3. The first kappa shape index (κ1) is 22.6. The topological polar surface area (TPSA) is 113 Å². The highest BCUT2D eigenvalue weighted by Crippen LogP contribution is 2.30. The number of nitrogens with one attached hydrogen (secondary N) is 1. The number of hydrogen-bond acceptors (Lipinski definition) is 6. The number of amides is 3. The molecule has 1 unspecified atom stereocenters. The van der Waals surface area contributed by atoms with Gasteiger partial charge in [-0.05, 0) is 43.5 Å². The molecule has 1 fully saturated rings. The molecule has 0 aromatic heterocycles. The average Bonchev–Trinajstić information content (AvgIpc) is 3.04. The van der Waals surface area contributed by atoms with E-state index in [2.05, 4.69) is 17.1 Å². The lowest BCUT2D eigenvalue weighted by Gasteiger charge is -2.33. The van der Waals surface area contributed by atoms with Crippen molar-refractivity contribution in [3.8, 4) is 0 Å². The fraction of sp³-hybridized carbons (Fsp3) is 0.375. The monoisotopic (exact) mass is 450 g/mol. The molecule has 1 N–H and O–H groups in total. The third-order valence-electron chi connectivity index (χ3n) is 6.38. The highest BCUT2D eigenvalue weighted by molar-refractivity contribution is 6.24. The van der Waals surface area contributed by atoms with Gasteiger partial charge in [-0.2, -0.15) is 0 Å². The SMILES string of the molecule is CC1CCCCN1Cc1ccccc1CNC(=O)CN1C(=O)c2cccc([N+](=O)[O-])c2C1=O. The molecule has 0 spiro atoms. The van der Waals surface area contributed by atoms with Crippen molar-refractivity contribution < 1.29 is 19.3 Å². The Hall–Kier alpha value is -3.59. The van der Waals surface area contributed by atoms with Crippen LogP contribution in [0.4, 0.5) is 5.69 Å². The first-order valence-corrected chi connectivity index (χ1v) is 11.1. The first-order chi connectivity index (χ1) is 15.9. The molecule has 9 heteroatoms. The number of carbonyl (C=O) groups excluding carboxylic acids is 3. The molecule has 0 radical (unpaired) electrons. The van der Waals surface area contributed by atoms with E-state index >= 15 is 0 Å².